The van der Waals surface area contributed by atoms with Gasteiger partial charge in [0.1, 0.15) is 4.90 Å². The van der Waals surface area contributed by atoms with Crippen molar-refractivity contribution in [2.45, 2.75) is 25.2 Å². The van der Waals surface area contributed by atoms with Crippen LogP contribution in [0.25, 0.3) is 0 Å². The second-order valence-corrected chi connectivity index (χ2v) is 7.16. The Bertz CT molecular complexity index is 667. The third-order valence-electron chi connectivity index (χ3n) is 3.16. The lowest BCUT2D eigenvalue weighted by atomic mass is 10.2. The molecule has 1 aliphatic heterocycles. The number of amides is 2. The van der Waals surface area contributed by atoms with E-state index in [0.29, 0.717) is 12.5 Å². The molecule has 0 fully saturated rings. The van der Waals surface area contributed by atoms with E-state index in [4.69, 9.17) is 0 Å². The van der Waals surface area contributed by atoms with E-state index < -0.39 is 15.9 Å². The molecule has 7 heteroatoms. The summed E-state index contributed by atoms with van der Waals surface area (Å²) in [5, 5.41) is 2.70. The summed E-state index contributed by atoms with van der Waals surface area (Å²) in [6.07, 6.45) is -0.0360. The van der Waals surface area contributed by atoms with Gasteiger partial charge in [0.05, 0.1) is 5.56 Å². The number of sulfonamides is 1. The van der Waals surface area contributed by atoms with Crippen LogP contribution in [0.1, 0.15) is 30.6 Å². The zero-order valence-electron chi connectivity index (χ0n) is 12.0. The minimum Gasteiger partial charge on any atom is -0.356 e. The highest BCUT2D eigenvalue weighted by atomic mass is 32.2. The van der Waals surface area contributed by atoms with Gasteiger partial charge in [0.25, 0.3) is 15.9 Å². The number of carbonyl (C=O) groups is 2. The Labute approximate surface area is 124 Å². The van der Waals surface area contributed by atoms with E-state index in [1.54, 1.807) is 12.1 Å². The summed E-state index contributed by atoms with van der Waals surface area (Å²) in [4.78, 5) is 23.8. The lowest BCUT2D eigenvalue weighted by Gasteiger charge is -2.15. The van der Waals surface area contributed by atoms with Crippen molar-refractivity contribution in [2.24, 2.45) is 5.92 Å². The molecule has 0 aromatic heterocycles. The van der Waals surface area contributed by atoms with Crippen LogP contribution in [-0.4, -0.2) is 37.6 Å². The van der Waals surface area contributed by atoms with Crippen LogP contribution in [-0.2, 0) is 14.8 Å². The molecular weight excluding hydrogens is 292 g/mol. The van der Waals surface area contributed by atoms with Gasteiger partial charge in [-0.3, -0.25) is 9.59 Å². The molecule has 2 rings (SSSR count). The molecule has 0 unspecified atom stereocenters. The number of hydrogen-bond donors (Lipinski definition) is 1. The predicted molar refractivity (Wildman–Crippen MR) is 77.1 cm³/mol. The predicted octanol–water partition coefficient (Wildman–Crippen LogP) is 0.993. The van der Waals surface area contributed by atoms with Crippen molar-refractivity contribution < 1.29 is 18.0 Å². The van der Waals surface area contributed by atoms with Gasteiger partial charge in [-0.05, 0) is 18.1 Å². The molecule has 1 aromatic carbocycles. The molecule has 6 nitrogen and oxygen atoms in total. The highest BCUT2D eigenvalue weighted by Crippen LogP contribution is 2.29. The van der Waals surface area contributed by atoms with Crippen molar-refractivity contribution in [3.63, 3.8) is 0 Å². The average Bonchev–Trinajstić information content (AvgIpc) is 2.63. The summed E-state index contributed by atoms with van der Waals surface area (Å²) in [6.45, 7) is 4.32. The molecule has 1 N–H and O–H groups in total. The first kappa shape index (κ1) is 15.5. The number of fused-ring (bicyclic) bond motifs is 1. The average molecular weight is 310 g/mol. The fourth-order valence-corrected chi connectivity index (χ4v) is 3.63. The summed E-state index contributed by atoms with van der Waals surface area (Å²) in [6, 6.07) is 6.07. The second kappa shape index (κ2) is 5.85. The Balaban J connectivity index is 2.06. The van der Waals surface area contributed by atoms with Gasteiger partial charge in [-0.1, -0.05) is 26.0 Å². The van der Waals surface area contributed by atoms with Gasteiger partial charge < -0.3 is 5.32 Å². The number of hydrogen-bond acceptors (Lipinski definition) is 4. The van der Waals surface area contributed by atoms with E-state index in [0.717, 1.165) is 4.31 Å². The standard InChI is InChI=1S/C14H18N2O4S/c1-10(2)9-15-13(17)7-8-16-14(18)11-5-3-4-6-12(11)21(16,19)20/h3-6,10H,7-9H2,1-2H3,(H,15,17). The number of carbonyl (C=O) groups excluding carboxylic acids is 2. The van der Waals surface area contributed by atoms with Gasteiger partial charge >= 0.3 is 0 Å². The van der Waals surface area contributed by atoms with E-state index in [1.165, 1.54) is 12.1 Å². The molecule has 0 bridgehead atoms. The SMILES string of the molecule is CC(C)CNC(=O)CCN1C(=O)c2ccccc2S1(=O)=O. The van der Waals surface area contributed by atoms with Gasteiger partial charge in [-0.25, -0.2) is 12.7 Å². The van der Waals surface area contributed by atoms with Crippen LogP contribution >= 0.6 is 0 Å². The van der Waals surface area contributed by atoms with Crippen LogP contribution in [0, 0.1) is 5.92 Å². The molecule has 1 aromatic rings. The maximum absolute atomic E-state index is 12.2. The first-order valence-corrected chi connectivity index (χ1v) is 8.21. The summed E-state index contributed by atoms with van der Waals surface area (Å²) >= 11 is 0. The van der Waals surface area contributed by atoms with Crippen LogP contribution in [0.15, 0.2) is 29.2 Å². The van der Waals surface area contributed by atoms with Crippen LogP contribution in [0.3, 0.4) is 0 Å². The molecule has 2 amide bonds. The van der Waals surface area contributed by atoms with E-state index in [2.05, 4.69) is 5.32 Å². The van der Waals surface area contributed by atoms with Gasteiger partial charge in [0.15, 0.2) is 0 Å². The fraction of sp³-hybridized carbons (Fsp3) is 0.429. The Hall–Kier alpha value is -1.89. The van der Waals surface area contributed by atoms with Crippen molar-refractivity contribution in [1.82, 2.24) is 9.62 Å². The molecule has 0 saturated heterocycles. The van der Waals surface area contributed by atoms with Crippen molar-refractivity contribution in [2.75, 3.05) is 13.1 Å². The quantitative estimate of drug-likeness (QED) is 0.879. The third-order valence-corrected chi connectivity index (χ3v) is 5.00. The smallest absolute Gasteiger partial charge is 0.269 e. The molecule has 114 valence electrons. The van der Waals surface area contributed by atoms with Crippen LogP contribution in [0.2, 0.25) is 0 Å². The van der Waals surface area contributed by atoms with E-state index in [1.807, 2.05) is 13.8 Å². The van der Waals surface area contributed by atoms with E-state index >= 15 is 0 Å². The molecule has 0 spiro atoms. The van der Waals surface area contributed by atoms with E-state index in [9.17, 15) is 18.0 Å². The molecule has 0 aliphatic carbocycles. The molecule has 1 aliphatic rings. The molecule has 0 radical (unpaired) electrons. The number of benzene rings is 1. The van der Waals surface area contributed by atoms with Gasteiger partial charge in [-0.2, -0.15) is 0 Å². The molecule has 21 heavy (non-hydrogen) atoms. The zero-order chi connectivity index (χ0) is 15.6. The maximum atomic E-state index is 12.2. The highest BCUT2D eigenvalue weighted by molar-refractivity contribution is 7.90. The summed E-state index contributed by atoms with van der Waals surface area (Å²) in [5.41, 5.74) is 0.167. The first-order valence-electron chi connectivity index (χ1n) is 6.77. The fourth-order valence-electron chi connectivity index (χ4n) is 2.06. The second-order valence-electron chi connectivity index (χ2n) is 5.33. The van der Waals surface area contributed by atoms with Crippen molar-refractivity contribution in [3.8, 4) is 0 Å². The Kier molecular flexibility index (Phi) is 4.32. The van der Waals surface area contributed by atoms with Crippen LogP contribution in [0.5, 0.6) is 0 Å². The van der Waals surface area contributed by atoms with Crippen molar-refractivity contribution in [3.05, 3.63) is 29.8 Å². The third kappa shape index (κ3) is 3.07. The highest BCUT2D eigenvalue weighted by Gasteiger charge is 2.40. The van der Waals surface area contributed by atoms with E-state index in [-0.39, 0.29) is 29.3 Å². The minimum atomic E-state index is -3.82. The van der Waals surface area contributed by atoms with Crippen molar-refractivity contribution >= 4 is 21.8 Å². The lowest BCUT2D eigenvalue weighted by Crippen LogP contribution is -2.35. The zero-order valence-corrected chi connectivity index (χ0v) is 12.8. The summed E-state index contributed by atoms with van der Waals surface area (Å²) < 4.78 is 25.3. The normalized spacial score (nSPS) is 16.1. The number of nitrogens with zero attached hydrogens (tertiary/aromatic N) is 1. The Morgan fingerprint density at radius 3 is 2.57 bits per heavy atom. The first-order chi connectivity index (χ1) is 9.84. The van der Waals surface area contributed by atoms with Crippen LogP contribution in [0.4, 0.5) is 0 Å². The maximum Gasteiger partial charge on any atom is 0.269 e. The van der Waals surface area contributed by atoms with Gasteiger partial charge in [-0.15, -0.1) is 0 Å². The molecule has 0 atom stereocenters. The number of rotatable bonds is 5. The van der Waals surface area contributed by atoms with Crippen molar-refractivity contribution in [1.29, 1.82) is 0 Å². The lowest BCUT2D eigenvalue weighted by molar-refractivity contribution is -0.121. The Morgan fingerprint density at radius 2 is 1.95 bits per heavy atom. The van der Waals surface area contributed by atoms with Gasteiger partial charge in [0, 0.05) is 19.5 Å². The largest absolute Gasteiger partial charge is 0.356 e. The summed E-state index contributed by atoms with van der Waals surface area (Å²) in [5.74, 6) is -0.514. The van der Waals surface area contributed by atoms with Gasteiger partial charge in [0.2, 0.25) is 5.91 Å². The minimum absolute atomic E-state index is 0.0117. The molecule has 0 saturated carbocycles. The molecular formula is C14H18N2O4S. The monoisotopic (exact) mass is 310 g/mol. The Morgan fingerprint density at radius 1 is 1.29 bits per heavy atom. The topological polar surface area (TPSA) is 83.6 Å². The summed E-state index contributed by atoms with van der Waals surface area (Å²) in [7, 11) is -3.82. The van der Waals surface area contributed by atoms with Crippen LogP contribution < -0.4 is 5.32 Å². The molecule has 1 heterocycles. The number of nitrogens with one attached hydrogen (secondary N) is 1.